The molecule has 2 aromatic carbocycles. The van der Waals surface area contributed by atoms with Crippen molar-refractivity contribution < 1.29 is 9.30 Å². The minimum Gasteiger partial charge on any atom is -0.496 e. The Hall–Kier alpha value is -3.13. The molecule has 2 atom stereocenters. The molecule has 0 aromatic heterocycles. The highest BCUT2D eigenvalue weighted by atomic mass is 31.2. The molecule has 4 aliphatic rings. The first-order chi connectivity index (χ1) is 20.7. The van der Waals surface area contributed by atoms with Gasteiger partial charge in [0, 0.05) is 81.4 Å². The zero-order valence-electron chi connectivity index (χ0n) is 26.2. The van der Waals surface area contributed by atoms with Gasteiger partial charge < -0.3 is 29.3 Å². The summed E-state index contributed by atoms with van der Waals surface area (Å²) in [6.45, 7) is 10.5. The van der Waals surface area contributed by atoms with Gasteiger partial charge in [0.25, 0.3) is 0 Å². The molecule has 6 rings (SSSR count). The summed E-state index contributed by atoms with van der Waals surface area (Å²) in [7, 11) is 3.54. The lowest BCUT2D eigenvalue weighted by atomic mass is 10.0. The third kappa shape index (κ3) is 6.54. The highest BCUT2D eigenvalue weighted by Gasteiger charge is 2.36. The van der Waals surface area contributed by atoms with Gasteiger partial charge in [-0.3, -0.25) is 9.89 Å². The van der Waals surface area contributed by atoms with Gasteiger partial charge in [0.2, 0.25) is 0 Å². The first-order valence-corrected chi connectivity index (χ1v) is 18.1. The van der Waals surface area contributed by atoms with Crippen LogP contribution in [0, 0.1) is 0 Å². The number of piperidine rings is 1. The van der Waals surface area contributed by atoms with Crippen molar-refractivity contribution in [3.63, 3.8) is 0 Å². The predicted octanol–water partition coefficient (Wildman–Crippen LogP) is 3.82. The van der Waals surface area contributed by atoms with E-state index >= 15 is 0 Å². The smallest absolute Gasteiger partial charge is 0.133 e. The van der Waals surface area contributed by atoms with Gasteiger partial charge in [-0.1, -0.05) is 18.2 Å². The van der Waals surface area contributed by atoms with Gasteiger partial charge in [0.1, 0.15) is 30.6 Å². The van der Waals surface area contributed by atoms with E-state index in [0.717, 1.165) is 47.1 Å². The summed E-state index contributed by atoms with van der Waals surface area (Å²) in [6.07, 6.45) is 7.17. The maximum atomic E-state index is 13.0. The van der Waals surface area contributed by atoms with Gasteiger partial charge in [-0.15, -0.1) is 0 Å². The SMILES string of the molecule is COc1cc(N2CCC(N3CCN(C)CC3)CC2)ccc1CC1=NC2C=CN(C)C2C(Nc2ccccc2P(C)(C)=O)=N1. The van der Waals surface area contributed by atoms with Gasteiger partial charge in [-0.2, -0.15) is 0 Å². The van der Waals surface area contributed by atoms with Crippen LogP contribution in [0.3, 0.4) is 0 Å². The van der Waals surface area contributed by atoms with E-state index in [1.807, 2.05) is 31.3 Å². The van der Waals surface area contributed by atoms with Crippen LogP contribution in [0.5, 0.6) is 5.75 Å². The fraction of sp³-hybridized carbons (Fsp3) is 0.515. The molecule has 0 aliphatic carbocycles. The summed E-state index contributed by atoms with van der Waals surface area (Å²) in [6, 6.07) is 15.0. The molecule has 0 saturated carbocycles. The van der Waals surface area contributed by atoms with E-state index in [2.05, 4.69) is 62.4 Å². The summed E-state index contributed by atoms with van der Waals surface area (Å²) in [4.78, 5) is 19.8. The summed E-state index contributed by atoms with van der Waals surface area (Å²) >= 11 is 0. The normalized spacial score (nSPS) is 23.7. The van der Waals surface area contributed by atoms with Gasteiger partial charge >= 0.3 is 0 Å². The van der Waals surface area contributed by atoms with E-state index in [-0.39, 0.29) is 12.1 Å². The number of likely N-dealkylation sites (N-methyl/N-ethyl adjacent to an activating group) is 2. The van der Waals surface area contributed by atoms with Crippen LogP contribution in [0.25, 0.3) is 0 Å². The average Bonchev–Trinajstić information content (AvgIpc) is 3.38. The first-order valence-electron chi connectivity index (χ1n) is 15.5. The summed E-state index contributed by atoms with van der Waals surface area (Å²) in [5.74, 6) is 2.45. The molecule has 0 spiro atoms. The van der Waals surface area contributed by atoms with Gasteiger partial charge in [0.15, 0.2) is 0 Å². The van der Waals surface area contributed by atoms with Crippen LogP contribution in [0.15, 0.2) is 64.7 Å². The second-order valence-corrected chi connectivity index (χ2v) is 15.9. The largest absolute Gasteiger partial charge is 0.496 e. The number of methoxy groups -OCH3 is 1. The molecule has 2 unspecified atom stereocenters. The van der Waals surface area contributed by atoms with Crippen molar-refractivity contribution in [1.29, 1.82) is 0 Å². The molecule has 4 aliphatic heterocycles. The first kappa shape index (κ1) is 29.9. The number of ether oxygens (including phenoxy) is 1. The Labute approximate surface area is 256 Å². The van der Waals surface area contributed by atoms with Crippen LogP contribution in [0.2, 0.25) is 0 Å². The molecule has 43 heavy (non-hydrogen) atoms. The number of nitrogens with zero attached hydrogens (tertiary/aromatic N) is 6. The van der Waals surface area contributed by atoms with Crippen LogP contribution < -0.4 is 20.3 Å². The zero-order valence-corrected chi connectivity index (χ0v) is 27.1. The summed E-state index contributed by atoms with van der Waals surface area (Å²) in [5, 5.41) is 4.39. The Balaban J connectivity index is 1.18. The van der Waals surface area contributed by atoms with E-state index in [0.29, 0.717) is 12.5 Å². The number of piperazine rings is 1. The quantitative estimate of drug-likeness (QED) is 0.483. The molecule has 2 saturated heterocycles. The van der Waals surface area contributed by atoms with E-state index in [9.17, 15) is 4.57 Å². The van der Waals surface area contributed by atoms with E-state index in [4.69, 9.17) is 14.7 Å². The lowest BCUT2D eigenvalue weighted by molar-refractivity contribution is 0.0982. The zero-order chi connectivity index (χ0) is 30.1. The number of hydrogen-bond donors (Lipinski definition) is 1. The Morgan fingerprint density at radius 2 is 1.74 bits per heavy atom. The van der Waals surface area contributed by atoms with E-state index in [1.54, 1.807) is 20.4 Å². The number of amidine groups is 2. The molecule has 0 radical (unpaired) electrons. The summed E-state index contributed by atoms with van der Waals surface area (Å²) in [5.41, 5.74) is 3.13. The van der Waals surface area contributed by atoms with E-state index < -0.39 is 7.14 Å². The number of benzene rings is 2. The number of para-hydroxylation sites is 1. The molecule has 4 heterocycles. The molecule has 10 heteroatoms. The Bertz CT molecular complexity index is 1450. The van der Waals surface area contributed by atoms with Crippen molar-refractivity contribution in [1.82, 2.24) is 14.7 Å². The van der Waals surface area contributed by atoms with Gasteiger partial charge in [-0.05, 0) is 63.7 Å². The van der Waals surface area contributed by atoms with Crippen LogP contribution in [0.4, 0.5) is 11.4 Å². The molecule has 2 fully saturated rings. The standard InChI is InChI=1S/C33H46N7O2P/c1-37-18-20-40(21-19-37)25-12-16-39(17-13-25)26-11-10-24(29(23-26)42-3)22-31-34-28-14-15-38(2)32(28)33(36-31)35-27-8-6-7-9-30(27)43(4,5)41/h6-11,14-15,23,25,28,32H,12-13,16-22H2,1-5H3,(H,34,35,36). The molecule has 230 valence electrons. The molecule has 0 bridgehead atoms. The second-order valence-electron chi connectivity index (χ2n) is 12.7. The Morgan fingerprint density at radius 3 is 2.47 bits per heavy atom. The minimum absolute atomic E-state index is 0.0250. The van der Waals surface area contributed by atoms with Crippen LogP contribution in [0.1, 0.15) is 18.4 Å². The molecule has 1 N–H and O–H groups in total. The lowest BCUT2D eigenvalue weighted by Crippen LogP contribution is -2.52. The molecule has 0 amide bonds. The maximum absolute atomic E-state index is 13.0. The van der Waals surface area contributed by atoms with Crippen molar-refractivity contribution in [2.75, 3.05) is 84.0 Å². The molecular formula is C33H46N7O2P. The predicted molar refractivity (Wildman–Crippen MR) is 180 cm³/mol. The molecule has 2 aromatic rings. The van der Waals surface area contributed by atoms with Crippen LogP contribution in [-0.2, 0) is 11.0 Å². The highest BCUT2D eigenvalue weighted by Crippen LogP contribution is 2.38. The van der Waals surface area contributed by atoms with Crippen molar-refractivity contribution in [3.05, 3.63) is 60.3 Å². The number of aliphatic imine (C=N–C) groups is 2. The van der Waals surface area contributed by atoms with Crippen molar-refractivity contribution in [2.45, 2.75) is 37.4 Å². The highest BCUT2D eigenvalue weighted by molar-refractivity contribution is 7.70. The molecular weight excluding hydrogens is 557 g/mol. The topological polar surface area (TPSA) is 76.0 Å². The number of rotatable bonds is 7. The van der Waals surface area contributed by atoms with Crippen molar-refractivity contribution >= 4 is 35.5 Å². The summed E-state index contributed by atoms with van der Waals surface area (Å²) < 4.78 is 19.0. The third-order valence-electron chi connectivity index (χ3n) is 9.36. The molecule has 9 nitrogen and oxygen atoms in total. The Morgan fingerprint density at radius 1 is 1.00 bits per heavy atom. The van der Waals surface area contributed by atoms with Gasteiger partial charge in [-0.25, -0.2) is 4.99 Å². The van der Waals surface area contributed by atoms with Crippen LogP contribution >= 0.6 is 7.14 Å². The third-order valence-corrected chi connectivity index (χ3v) is 10.9. The van der Waals surface area contributed by atoms with E-state index in [1.165, 1.54) is 44.7 Å². The van der Waals surface area contributed by atoms with Crippen LogP contribution in [-0.4, -0.2) is 118 Å². The number of anilines is 2. The fourth-order valence-corrected chi connectivity index (χ4v) is 7.99. The second kappa shape index (κ2) is 12.5. The maximum Gasteiger partial charge on any atom is 0.133 e. The number of hydrogen-bond acceptors (Lipinski definition) is 9. The van der Waals surface area contributed by atoms with Gasteiger partial charge in [0.05, 0.1) is 18.8 Å². The average molecular weight is 604 g/mol. The number of fused-ring (bicyclic) bond motifs is 1. The minimum atomic E-state index is -2.48. The van der Waals surface area contributed by atoms with Crippen molar-refractivity contribution in [3.8, 4) is 5.75 Å². The number of nitrogens with one attached hydrogen (secondary N) is 1. The monoisotopic (exact) mass is 603 g/mol. The van der Waals surface area contributed by atoms with Crippen molar-refractivity contribution in [2.24, 2.45) is 9.98 Å². The fourth-order valence-electron chi connectivity index (χ4n) is 6.83. The Kier molecular flexibility index (Phi) is 8.67. The lowest BCUT2D eigenvalue weighted by Gasteiger charge is -2.42.